The number of hydrogen-bond donors (Lipinski definition) is 1. The summed E-state index contributed by atoms with van der Waals surface area (Å²) in [6.07, 6.45) is 0.777. The average Bonchev–Trinajstić information content (AvgIpc) is 2.37. The first-order valence-electron chi connectivity index (χ1n) is 6.42. The number of nitrogens with one attached hydrogen (secondary N) is 1. The zero-order valence-electron chi connectivity index (χ0n) is 11.8. The number of hydrogen-bond acceptors (Lipinski definition) is 4. The summed E-state index contributed by atoms with van der Waals surface area (Å²) < 4.78 is 5.83. The van der Waals surface area contributed by atoms with Crippen LogP contribution < -0.4 is 10.1 Å². The van der Waals surface area contributed by atoms with Crippen LogP contribution >= 0.6 is 0 Å². The van der Waals surface area contributed by atoms with Gasteiger partial charge < -0.3 is 10.1 Å². The Morgan fingerprint density at radius 2 is 1.74 bits per heavy atom. The Balaban J connectivity index is 2.31. The van der Waals surface area contributed by atoms with Gasteiger partial charge in [0.2, 0.25) is 5.88 Å². The zero-order chi connectivity index (χ0) is 13.8. The van der Waals surface area contributed by atoms with E-state index < -0.39 is 0 Å². The summed E-state index contributed by atoms with van der Waals surface area (Å²) in [5.41, 5.74) is 2.35. The zero-order valence-corrected chi connectivity index (χ0v) is 11.8. The van der Waals surface area contributed by atoms with Gasteiger partial charge in [-0.25, -0.2) is 4.98 Å². The first-order chi connectivity index (χ1) is 9.10. The van der Waals surface area contributed by atoms with Crippen LogP contribution in [-0.4, -0.2) is 17.0 Å². The second-order valence-corrected chi connectivity index (χ2v) is 4.54. The van der Waals surface area contributed by atoms with E-state index in [-0.39, 0.29) is 0 Å². The summed E-state index contributed by atoms with van der Waals surface area (Å²) in [4.78, 5) is 8.73. The smallest absolute Gasteiger partial charge is 0.224 e. The molecule has 0 bridgehead atoms. The van der Waals surface area contributed by atoms with Crippen molar-refractivity contribution < 1.29 is 4.74 Å². The fourth-order valence-electron chi connectivity index (χ4n) is 1.92. The third kappa shape index (κ3) is 3.44. The van der Waals surface area contributed by atoms with E-state index in [1.54, 1.807) is 6.07 Å². The minimum Gasteiger partial charge on any atom is -0.439 e. The highest BCUT2D eigenvalue weighted by Crippen LogP contribution is 2.24. The Labute approximate surface area is 113 Å². The summed E-state index contributed by atoms with van der Waals surface area (Å²) in [5, 5.41) is 3.02. The fraction of sp³-hybridized carbons (Fsp3) is 0.333. The number of nitrogens with zero attached hydrogens (tertiary/aromatic N) is 2. The van der Waals surface area contributed by atoms with Crippen LogP contribution in [0.1, 0.15) is 23.9 Å². The molecule has 0 saturated carbocycles. The lowest BCUT2D eigenvalue weighted by molar-refractivity contribution is 0.458. The monoisotopic (exact) mass is 257 g/mol. The van der Waals surface area contributed by atoms with E-state index in [0.29, 0.717) is 5.88 Å². The first-order valence-corrected chi connectivity index (χ1v) is 6.42. The van der Waals surface area contributed by atoms with Crippen molar-refractivity contribution in [1.82, 2.24) is 9.97 Å². The van der Waals surface area contributed by atoms with Crippen molar-refractivity contribution >= 4 is 5.82 Å². The second kappa shape index (κ2) is 5.69. The topological polar surface area (TPSA) is 47.0 Å². The van der Waals surface area contributed by atoms with Crippen molar-refractivity contribution in [3.05, 3.63) is 41.2 Å². The molecule has 1 aromatic heterocycles. The molecule has 0 spiro atoms. The summed E-state index contributed by atoms with van der Waals surface area (Å²) in [6.45, 7) is 6.13. The second-order valence-electron chi connectivity index (χ2n) is 4.54. The molecule has 0 saturated heterocycles. The van der Waals surface area contributed by atoms with Crippen molar-refractivity contribution in [2.24, 2.45) is 0 Å². The van der Waals surface area contributed by atoms with E-state index in [1.165, 1.54) is 11.1 Å². The molecule has 4 nitrogen and oxygen atoms in total. The Kier molecular flexibility index (Phi) is 4.00. The van der Waals surface area contributed by atoms with Gasteiger partial charge in [0, 0.05) is 19.5 Å². The number of anilines is 1. The van der Waals surface area contributed by atoms with Crippen LogP contribution in [0.15, 0.2) is 24.3 Å². The molecule has 2 aromatic rings. The molecular weight excluding hydrogens is 238 g/mol. The van der Waals surface area contributed by atoms with Gasteiger partial charge in [0.25, 0.3) is 0 Å². The SMILES string of the molecule is CCc1nc(NC)cc(Oc2cc(C)cc(C)c2)n1. The minimum absolute atomic E-state index is 0.571. The van der Waals surface area contributed by atoms with Gasteiger partial charge in [0.05, 0.1) is 0 Å². The number of aryl methyl sites for hydroxylation is 3. The van der Waals surface area contributed by atoms with Crippen molar-refractivity contribution in [1.29, 1.82) is 0 Å². The maximum Gasteiger partial charge on any atom is 0.224 e. The van der Waals surface area contributed by atoms with Crippen molar-refractivity contribution in [2.45, 2.75) is 27.2 Å². The molecule has 0 radical (unpaired) electrons. The van der Waals surface area contributed by atoms with Crippen LogP contribution in [0.25, 0.3) is 0 Å². The van der Waals surface area contributed by atoms with Crippen LogP contribution in [0.2, 0.25) is 0 Å². The highest BCUT2D eigenvalue weighted by molar-refractivity contribution is 5.41. The molecule has 1 aromatic carbocycles. The van der Waals surface area contributed by atoms with Crippen LogP contribution in [-0.2, 0) is 6.42 Å². The highest BCUT2D eigenvalue weighted by atomic mass is 16.5. The first kappa shape index (κ1) is 13.3. The predicted molar refractivity (Wildman–Crippen MR) is 76.9 cm³/mol. The molecule has 4 heteroatoms. The molecule has 19 heavy (non-hydrogen) atoms. The number of rotatable bonds is 4. The molecule has 0 aliphatic heterocycles. The Morgan fingerprint density at radius 3 is 2.32 bits per heavy atom. The molecule has 0 aliphatic carbocycles. The maximum atomic E-state index is 5.83. The number of benzene rings is 1. The maximum absolute atomic E-state index is 5.83. The van der Waals surface area contributed by atoms with Crippen molar-refractivity contribution in [3.63, 3.8) is 0 Å². The number of aromatic nitrogens is 2. The molecule has 0 atom stereocenters. The molecule has 1 N–H and O–H groups in total. The van der Waals surface area contributed by atoms with Gasteiger partial charge in [0.1, 0.15) is 17.4 Å². The molecular formula is C15H19N3O. The van der Waals surface area contributed by atoms with E-state index >= 15 is 0 Å². The predicted octanol–water partition coefficient (Wildman–Crippen LogP) is 3.49. The molecule has 1 heterocycles. The Hall–Kier alpha value is -2.10. The lowest BCUT2D eigenvalue weighted by Crippen LogP contribution is -2.01. The molecule has 0 aliphatic rings. The molecule has 100 valence electrons. The standard InChI is InChI=1S/C15H19N3O/c1-5-13-17-14(16-4)9-15(18-13)19-12-7-10(2)6-11(3)8-12/h6-9H,5H2,1-4H3,(H,16,17,18). The van der Waals surface area contributed by atoms with E-state index in [2.05, 4.69) is 35.2 Å². The largest absolute Gasteiger partial charge is 0.439 e. The van der Waals surface area contributed by atoms with Gasteiger partial charge in [-0.2, -0.15) is 4.98 Å². The van der Waals surface area contributed by atoms with Gasteiger partial charge in [-0.15, -0.1) is 0 Å². The van der Waals surface area contributed by atoms with Crippen molar-refractivity contribution in [2.75, 3.05) is 12.4 Å². The van der Waals surface area contributed by atoms with Crippen LogP contribution in [0, 0.1) is 13.8 Å². The van der Waals surface area contributed by atoms with Crippen LogP contribution in [0.4, 0.5) is 5.82 Å². The third-order valence-electron chi connectivity index (χ3n) is 2.74. The fourth-order valence-corrected chi connectivity index (χ4v) is 1.92. The van der Waals surface area contributed by atoms with Crippen molar-refractivity contribution in [3.8, 4) is 11.6 Å². The van der Waals surface area contributed by atoms with Gasteiger partial charge in [-0.05, 0) is 37.1 Å². The Bertz CT molecular complexity index is 539. The van der Waals surface area contributed by atoms with Crippen LogP contribution in [0.5, 0.6) is 11.6 Å². The summed E-state index contributed by atoms with van der Waals surface area (Å²) in [5.74, 6) is 2.92. The Morgan fingerprint density at radius 1 is 1.05 bits per heavy atom. The van der Waals surface area contributed by atoms with E-state index in [9.17, 15) is 0 Å². The van der Waals surface area contributed by atoms with Gasteiger partial charge in [-0.3, -0.25) is 0 Å². The van der Waals surface area contributed by atoms with Gasteiger partial charge in [-0.1, -0.05) is 13.0 Å². The molecule has 0 amide bonds. The molecule has 2 rings (SSSR count). The van der Waals surface area contributed by atoms with E-state index in [1.807, 2.05) is 26.1 Å². The average molecular weight is 257 g/mol. The lowest BCUT2D eigenvalue weighted by Gasteiger charge is -2.09. The van der Waals surface area contributed by atoms with E-state index in [4.69, 9.17) is 4.74 Å². The molecule has 0 fully saturated rings. The summed E-state index contributed by atoms with van der Waals surface area (Å²) in [6, 6.07) is 7.92. The lowest BCUT2D eigenvalue weighted by atomic mass is 10.1. The van der Waals surface area contributed by atoms with E-state index in [0.717, 1.165) is 23.8 Å². The third-order valence-corrected chi connectivity index (χ3v) is 2.74. The van der Waals surface area contributed by atoms with Gasteiger partial charge in [0.15, 0.2) is 0 Å². The van der Waals surface area contributed by atoms with Crippen LogP contribution in [0.3, 0.4) is 0 Å². The highest BCUT2D eigenvalue weighted by Gasteiger charge is 2.05. The summed E-state index contributed by atoms with van der Waals surface area (Å²) in [7, 11) is 1.84. The normalized spacial score (nSPS) is 10.3. The quantitative estimate of drug-likeness (QED) is 0.910. The van der Waals surface area contributed by atoms with Gasteiger partial charge >= 0.3 is 0 Å². The minimum atomic E-state index is 0.571. The number of ether oxygens (including phenoxy) is 1. The summed E-state index contributed by atoms with van der Waals surface area (Å²) >= 11 is 0. The molecule has 0 unspecified atom stereocenters.